The molecule has 7 N–H and O–H groups in total. The molecule has 1 aromatic carbocycles. The quantitative estimate of drug-likeness (QED) is 0.155. The molecule has 0 radical (unpaired) electrons. The summed E-state index contributed by atoms with van der Waals surface area (Å²) in [5.41, 5.74) is 5.98. The number of fused-ring (bicyclic) bond motifs is 1. The van der Waals surface area contributed by atoms with Crippen LogP contribution in [0.5, 0.6) is 5.75 Å². The number of hydrogen-bond acceptors (Lipinski definition) is 11. The number of nitrogens with two attached hydrogens (primary N) is 1. The van der Waals surface area contributed by atoms with Crippen molar-refractivity contribution in [1.29, 1.82) is 0 Å². The van der Waals surface area contributed by atoms with E-state index in [0.717, 1.165) is 16.2 Å². The van der Waals surface area contributed by atoms with Gasteiger partial charge in [-0.2, -0.15) is 0 Å². The fourth-order valence-corrected chi connectivity index (χ4v) is 5.07. The lowest BCUT2D eigenvalue weighted by atomic mass is 9.72. The molecule has 4 rings (SSSR count). The maximum absolute atomic E-state index is 13.5. The van der Waals surface area contributed by atoms with E-state index in [-0.39, 0.29) is 36.5 Å². The highest BCUT2D eigenvalue weighted by Gasteiger charge is 2.41. The number of rotatable bonds is 9. The molecule has 2 aromatic rings. The first-order valence-electron chi connectivity index (χ1n) is 12.5. The number of likely N-dealkylation sites (N-methyl/N-ethyl adjacent to an activating group) is 1. The van der Waals surface area contributed by atoms with Crippen LogP contribution < -0.4 is 26.3 Å². The minimum absolute atomic E-state index is 0.00220. The molecule has 40 heavy (non-hydrogen) atoms. The molecule has 1 saturated heterocycles. The van der Waals surface area contributed by atoms with E-state index in [4.69, 9.17) is 10.4 Å². The lowest BCUT2D eigenvalue weighted by Gasteiger charge is -2.33. The van der Waals surface area contributed by atoms with E-state index < -0.39 is 48.8 Å². The van der Waals surface area contributed by atoms with Crippen LogP contribution in [-0.4, -0.2) is 100 Å². The Hall–Kier alpha value is -4.22. The fourth-order valence-electron chi connectivity index (χ4n) is 4.31. The zero-order valence-electron chi connectivity index (χ0n) is 21.5. The number of hydrogen-bond donors (Lipinski definition) is 6. The van der Waals surface area contributed by atoms with Gasteiger partial charge in [-0.15, -0.1) is 11.3 Å². The van der Waals surface area contributed by atoms with E-state index in [2.05, 4.69) is 20.9 Å². The number of carboxylic acid groups (broad SMARTS) is 1. The number of aromatic nitrogens is 1. The second-order valence-electron chi connectivity index (χ2n) is 8.94. The summed E-state index contributed by atoms with van der Waals surface area (Å²) in [5, 5.41) is 30.0. The molecule has 0 aliphatic carbocycles. The number of piperazine rings is 1. The zero-order chi connectivity index (χ0) is 29.0. The monoisotopic (exact) mass is 573 g/mol. The summed E-state index contributed by atoms with van der Waals surface area (Å²) < 4.78 is 5.44. The molecule has 2 aliphatic rings. The predicted octanol–water partition coefficient (Wildman–Crippen LogP) is -1.21. The number of thiazole rings is 1. The molecule has 1 aromatic heterocycles. The molecule has 212 valence electrons. The van der Waals surface area contributed by atoms with Crippen LogP contribution in [-0.2, 0) is 20.8 Å². The minimum Gasteiger partial charge on any atom is -0.534 e. The molecule has 17 heteroatoms. The van der Waals surface area contributed by atoms with Crippen molar-refractivity contribution in [1.82, 2.24) is 25.4 Å². The van der Waals surface area contributed by atoms with Crippen LogP contribution in [0.2, 0.25) is 0 Å². The number of para-hydroxylation sites is 1. The topological polar surface area (TPSA) is 217 Å². The first-order valence-corrected chi connectivity index (χ1v) is 13.3. The molecular formula is C23H28BN7O8S. The number of benzene rings is 1. The summed E-state index contributed by atoms with van der Waals surface area (Å²) in [4.78, 5) is 69.3. The van der Waals surface area contributed by atoms with Gasteiger partial charge in [-0.3, -0.25) is 19.3 Å². The van der Waals surface area contributed by atoms with Gasteiger partial charge in [0.1, 0.15) is 5.75 Å². The van der Waals surface area contributed by atoms with Crippen molar-refractivity contribution in [3.8, 4) is 5.75 Å². The smallest absolute Gasteiger partial charge is 0.534 e. The molecule has 5 amide bonds. The number of carboxylic acids is 1. The molecule has 2 atom stereocenters. The number of nitrogens with one attached hydrogen (secondary N) is 3. The lowest BCUT2D eigenvalue weighted by Crippen LogP contribution is -2.60. The summed E-state index contributed by atoms with van der Waals surface area (Å²) in [6, 6.07) is 2.09. The Labute approximate surface area is 232 Å². The van der Waals surface area contributed by atoms with Crippen LogP contribution in [0.15, 0.2) is 23.6 Å². The number of carbonyl (C=O) groups excluding carboxylic acids is 4. The molecule has 1 fully saturated rings. The van der Waals surface area contributed by atoms with Gasteiger partial charge in [0.05, 0.1) is 17.2 Å². The molecule has 0 saturated carbocycles. The molecule has 0 spiro atoms. The van der Waals surface area contributed by atoms with Gasteiger partial charge in [-0.25, -0.2) is 14.6 Å². The van der Waals surface area contributed by atoms with Crippen LogP contribution >= 0.6 is 11.3 Å². The van der Waals surface area contributed by atoms with Crippen molar-refractivity contribution < 1.29 is 38.8 Å². The van der Waals surface area contributed by atoms with E-state index in [1.165, 1.54) is 22.4 Å². The number of nitrogens with zero attached hydrogens (tertiary/aromatic N) is 3. The van der Waals surface area contributed by atoms with Crippen molar-refractivity contribution in [3.05, 3.63) is 40.4 Å². The number of amides is 5. The summed E-state index contributed by atoms with van der Waals surface area (Å²) in [7, 11) is -1.59. The summed E-state index contributed by atoms with van der Waals surface area (Å²) in [5.74, 6) is -4.86. The number of carbonyl (C=O) groups is 5. The SMILES string of the molecule is CCN1CCN(C(=O)NC(C(=O)N[C@H]2Cc3cccc(C(=O)O)c3OB2O)c2csc(NCCN)n2)C(=O)C1=O. The van der Waals surface area contributed by atoms with E-state index in [1.54, 1.807) is 13.0 Å². The molecule has 0 bridgehead atoms. The van der Waals surface area contributed by atoms with Gasteiger partial charge in [0.2, 0.25) is 5.91 Å². The van der Waals surface area contributed by atoms with Gasteiger partial charge in [0, 0.05) is 38.1 Å². The minimum atomic E-state index is -1.59. The second kappa shape index (κ2) is 12.3. The van der Waals surface area contributed by atoms with E-state index in [9.17, 15) is 34.1 Å². The molecule has 1 unspecified atom stereocenters. The van der Waals surface area contributed by atoms with Gasteiger partial charge in [0.15, 0.2) is 11.2 Å². The normalized spacial score (nSPS) is 17.6. The van der Waals surface area contributed by atoms with Crippen LogP contribution in [0.3, 0.4) is 0 Å². The highest BCUT2D eigenvalue weighted by atomic mass is 32.1. The van der Waals surface area contributed by atoms with E-state index in [0.29, 0.717) is 30.3 Å². The fraction of sp³-hybridized carbons (Fsp3) is 0.391. The molecule has 15 nitrogen and oxygen atoms in total. The number of urea groups is 1. The summed E-state index contributed by atoms with van der Waals surface area (Å²) in [6.45, 7) is 2.86. The average Bonchev–Trinajstić information content (AvgIpc) is 3.40. The van der Waals surface area contributed by atoms with Gasteiger partial charge in [-0.05, 0) is 25.0 Å². The Morgan fingerprint density at radius 1 is 1.27 bits per heavy atom. The highest BCUT2D eigenvalue weighted by molar-refractivity contribution is 7.13. The van der Waals surface area contributed by atoms with Gasteiger partial charge >= 0.3 is 30.9 Å². The second-order valence-corrected chi connectivity index (χ2v) is 9.80. The zero-order valence-corrected chi connectivity index (χ0v) is 22.3. The maximum Gasteiger partial charge on any atom is 0.547 e. The van der Waals surface area contributed by atoms with Crippen LogP contribution in [0, 0.1) is 0 Å². The Morgan fingerprint density at radius 2 is 2.05 bits per heavy atom. The van der Waals surface area contributed by atoms with Gasteiger partial charge in [-0.1, -0.05) is 12.1 Å². The largest absolute Gasteiger partial charge is 0.547 e. The number of aromatic carboxylic acids is 1. The van der Waals surface area contributed by atoms with Crippen molar-refractivity contribution in [2.45, 2.75) is 25.3 Å². The average molecular weight is 573 g/mol. The van der Waals surface area contributed by atoms with Crippen molar-refractivity contribution >= 4 is 53.3 Å². The van der Waals surface area contributed by atoms with Gasteiger partial charge < -0.3 is 41.4 Å². The van der Waals surface area contributed by atoms with Crippen molar-refractivity contribution in [3.63, 3.8) is 0 Å². The number of anilines is 1. The molecular weight excluding hydrogens is 545 g/mol. The van der Waals surface area contributed by atoms with Gasteiger partial charge in [0.25, 0.3) is 0 Å². The van der Waals surface area contributed by atoms with Crippen molar-refractivity contribution in [2.75, 3.05) is 38.0 Å². The third-order valence-electron chi connectivity index (χ3n) is 6.38. The summed E-state index contributed by atoms with van der Waals surface area (Å²) in [6.07, 6.45) is 0.0381. The Balaban J connectivity index is 1.55. The number of imide groups is 1. The first kappa shape index (κ1) is 28.8. The summed E-state index contributed by atoms with van der Waals surface area (Å²) >= 11 is 1.16. The van der Waals surface area contributed by atoms with Crippen molar-refractivity contribution in [2.24, 2.45) is 5.73 Å². The van der Waals surface area contributed by atoms with E-state index in [1.807, 2.05) is 0 Å². The Kier molecular flexibility index (Phi) is 8.86. The van der Waals surface area contributed by atoms with Crippen LogP contribution in [0.1, 0.15) is 34.6 Å². The standard InChI is InChI=1S/C23H28BN7O8S/c1-2-30-8-9-31(20(34)19(30)33)23(37)29-16(14-11-40-22(27-14)26-7-6-25)18(32)28-15-10-12-4-3-5-13(21(35)36)17(12)39-24(15)38/h3-5,11,15-16,38H,2,6-10,25H2,1H3,(H,26,27)(H,28,32)(H,29,37)(H,35,36)/t15-,16?/m0/s1. The molecule has 3 heterocycles. The highest BCUT2D eigenvalue weighted by Crippen LogP contribution is 2.30. The predicted molar refractivity (Wildman–Crippen MR) is 143 cm³/mol. The Bertz CT molecular complexity index is 1320. The van der Waals surface area contributed by atoms with Crippen LogP contribution in [0.4, 0.5) is 9.93 Å². The third kappa shape index (κ3) is 6.00. The third-order valence-corrected chi connectivity index (χ3v) is 7.20. The maximum atomic E-state index is 13.5. The van der Waals surface area contributed by atoms with E-state index >= 15 is 0 Å². The first-order chi connectivity index (χ1) is 19.1. The van der Waals surface area contributed by atoms with Crippen LogP contribution in [0.25, 0.3) is 0 Å². The lowest BCUT2D eigenvalue weighted by molar-refractivity contribution is -0.153. The Morgan fingerprint density at radius 3 is 2.75 bits per heavy atom. The molecule has 2 aliphatic heterocycles.